The lowest BCUT2D eigenvalue weighted by Crippen LogP contribution is -2.15. The molecular formula is C12H8BrClF2N2O2S. The summed E-state index contributed by atoms with van der Waals surface area (Å²) in [6.07, 6.45) is 0. The van der Waals surface area contributed by atoms with E-state index in [9.17, 15) is 17.2 Å². The first-order valence-electron chi connectivity index (χ1n) is 5.43. The molecule has 21 heavy (non-hydrogen) atoms. The normalized spacial score (nSPS) is 11.4. The number of halogens is 4. The molecular weight excluding hydrogens is 390 g/mol. The zero-order chi connectivity index (χ0) is 15.8. The number of nitrogens with two attached hydrogens (primary N) is 1. The van der Waals surface area contributed by atoms with Gasteiger partial charge in [0.15, 0.2) is 0 Å². The number of nitrogens with one attached hydrogen (secondary N) is 1. The fourth-order valence-corrected chi connectivity index (χ4v) is 3.63. The van der Waals surface area contributed by atoms with Gasteiger partial charge in [0.25, 0.3) is 10.0 Å². The molecule has 4 nitrogen and oxygen atoms in total. The number of hydrogen-bond acceptors (Lipinski definition) is 3. The lowest BCUT2D eigenvalue weighted by Gasteiger charge is -2.11. The van der Waals surface area contributed by atoms with Crippen LogP contribution in [0.15, 0.2) is 39.7 Å². The highest BCUT2D eigenvalue weighted by Crippen LogP contribution is 2.28. The average molecular weight is 398 g/mol. The molecule has 2 aromatic carbocycles. The Morgan fingerprint density at radius 1 is 1.14 bits per heavy atom. The Kier molecular flexibility index (Phi) is 4.40. The molecule has 112 valence electrons. The number of hydrogen-bond donors (Lipinski definition) is 2. The van der Waals surface area contributed by atoms with Crippen molar-refractivity contribution in [2.75, 3.05) is 10.5 Å². The SMILES string of the molecule is Nc1cc(NS(=O)(=O)c2ccc(Br)cc2Cl)c(F)cc1F. The Balaban J connectivity index is 2.45. The van der Waals surface area contributed by atoms with Crippen molar-refractivity contribution >= 4 is 48.9 Å². The number of sulfonamides is 1. The van der Waals surface area contributed by atoms with Gasteiger partial charge in [-0.2, -0.15) is 0 Å². The van der Waals surface area contributed by atoms with Gasteiger partial charge in [-0.3, -0.25) is 4.72 Å². The highest BCUT2D eigenvalue weighted by molar-refractivity contribution is 9.10. The van der Waals surface area contributed by atoms with Crippen molar-refractivity contribution in [1.82, 2.24) is 0 Å². The summed E-state index contributed by atoms with van der Waals surface area (Å²) in [5.41, 5.74) is 4.44. The van der Waals surface area contributed by atoms with Gasteiger partial charge in [-0.1, -0.05) is 27.5 Å². The van der Waals surface area contributed by atoms with Crippen LogP contribution in [0.1, 0.15) is 0 Å². The molecule has 0 fully saturated rings. The van der Waals surface area contributed by atoms with E-state index in [-0.39, 0.29) is 15.6 Å². The minimum atomic E-state index is -4.13. The third-order valence-electron chi connectivity index (χ3n) is 2.51. The third kappa shape index (κ3) is 3.45. The lowest BCUT2D eigenvalue weighted by atomic mass is 10.2. The van der Waals surface area contributed by atoms with Crippen LogP contribution in [0, 0.1) is 11.6 Å². The molecule has 0 heterocycles. The van der Waals surface area contributed by atoms with E-state index in [1.807, 2.05) is 4.72 Å². The van der Waals surface area contributed by atoms with Crippen LogP contribution >= 0.6 is 27.5 Å². The van der Waals surface area contributed by atoms with Crippen molar-refractivity contribution in [1.29, 1.82) is 0 Å². The molecule has 0 aliphatic carbocycles. The van der Waals surface area contributed by atoms with Gasteiger partial charge >= 0.3 is 0 Å². The van der Waals surface area contributed by atoms with Crippen LogP contribution in [0.25, 0.3) is 0 Å². The maximum Gasteiger partial charge on any atom is 0.263 e. The quantitative estimate of drug-likeness (QED) is 0.775. The van der Waals surface area contributed by atoms with Crippen LogP contribution in [-0.4, -0.2) is 8.42 Å². The van der Waals surface area contributed by atoms with Crippen molar-refractivity contribution in [3.63, 3.8) is 0 Å². The third-order valence-corrected chi connectivity index (χ3v) is 4.86. The molecule has 0 aliphatic rings. The van der Waals surface area contributed by atoms with E-state index >= 15 is 0 Å². The van der Waals surface area contributed by atoms with E-state index in [0.717, 1.165) is 6.07 Å². The minimum Gasteiger partial charge on any atom is -0.396 e. The smallest absolute Gasteiger partial charge is 0.263 e. The number of rotatable bonds is 3. The molecule has 0 atom stereocenters. The zero-order valence-corrected chi connectivity index (χ0v) is 13.4. The second-order valence-electron chi connectivity index (χ2n) is 4.03. The fourth-order valence-electron chi connectivity index (χ4n) is 1.54. The number of anilines is 2. The summed E-state index contributed by atoms with van der Waals surface area (Å²) in [5, 5.41) is -0.0487. The molecule has 9 heteroatoms. The maximum atomic E-state index is 13.6. The molecule has 2 aromatic rings. The average Bonchev–Trinajstić information content (AvgIpc) is 2.35. The van der Waals surface area contributed by atoms with Gasteiger partial charge in [0.05, 0.1) is 16.4 Å². The van der Waals surface area contributed by atoms with Gasteiger partial charge < -0.3 is 5.73 Å². The predicted octanol–water partition coefficient (Wildman–Crippen LogP) is 3.76. The molecule has 0 bridgehead atoms. The summed E-state index contributed by atoms with van der Waals surface area (Å²) in [4.78, 5) is -0.241. The van der Waals surface area contributed by atoms with Crippen molar-refractivity contribution in [2.24, 2.45) is 0 Å². The van der Waals surface area contributed by atoms with Crippen molar-refractivity contribution in [3.8, 4) is 0 Å². The van der Waals surface area contributed by atoms with Crippen molar-refractivity contribution < 1.29 is 17.2 Å². The van der Waals surface area contributed by atoms with Gasteiger partial charge in [-0.25, -0.2) is 17.2 Å². The zero-order valence-electron chi connectivity index (χ0n) is 10.2. The Bertz CT molecular complexity index is 815. The van der Waals surface area contributed by atoms with Crippen LogP contribution in [0.4, 0.5) is 20.2 Å². The second kappa shape index (κ2) is 5.78. The van der Waals surface area contributed by atoms with Crippen LogP contribution < -0.4 is 10.5 Å². The van der Waals surface area contributed by atoms with Crippen LogP contribution in [0.3, 0.4) is 0 Å². The molecule has 0 unspecified atom stereocenters. The van der Waals surface area contributed by atoms with E-state index < -0.39 is 27.3 Å². The largest absolute Gasteiger partial charge is 0.396 e. The van der Waals surface area contributed by atoms with Gasteiger partial charge in [-0.15, -0.1) is 0 Å². The molecule has 0 saturated carbocycles. The molecule has 0 aromatic heterocycles. The Hall–Kier alpha value is -1.38. The monoisotopic (exact) mass is 396 g/mol. The van der Waals surface area contributed by atoms with Crippen molar-refractivity contribution in [2.45, 2.75) is 4.90 Å². The summed E-state index contributed by atoms with van der Waals surface area (Å²) in [5.74, 6) is -2.06. The molecule has 0 aliphatic heterocycles. The first kappa shape index (κ1) is 16.0. The summed E-state index contributed by atoms with van der Waals surface area (Å²) in [6.45, 7) is 0. The van der Waals surface area contributed by atoms with Gasteiger partial charge in [-0.05, 0) is 24.3 Å². The highest BCUT2D eigenvalue weighted by atomic mass is 79.9. The highest BCUT2D eigenvalue weighted by Gasteiger charge is 2.20. The number of nitrogen functional groups attached to an aromatic ring is 1. The second-order valence-corrected chi connectivity index (χ2v) is 7.01. The molecule has 0 amide bonds. The van der Waals surface area contributed by atoms with E-state index in [2.05, 4.69) is 15.9 Å². The van der Waals surface area contributed by atoms with Gasteiger partial charge in [0, 0.05) is 10.5 Å². The molecule has 0 radical (unpaired) electrons. The predicted molar refractivity (Wildman–Crippen MR) is 80.7 cm³/mol. The van der Waals surface area contributed by atoms with E-state index in [0.29, 0.717) is 10.5 Å². The standard InChI is InChI=1S/C12H8BrClF2N2O2S/c13-6-1-2-12(7(14)3-6)21(19,20)18-11-5-10(17)8(15)4-9(11)16/h1-5,18H,17H2. The molecule has 0 spiro atoms. The van der Waals surface area contributed by atoms with E-state index in [1.165, 1.54) is 18.2 Å². The van der Waals surface area contributed by atoms with Crippen LogP contribution in [-0.2, 0) is 10.0 Å². The lowest BCUT2D eigenvalue weighted by molar-refractivity contribution is 0.585. The van der Waals surface area contributed by atoms with Gasteiger partial charge in [0.2, 0.25) is 0 Å². The Morgan fingerprint density at radius 2 is 1.81 bits per heavy atom. The Morgan fingerprint density at radius 3 is 2.43 bits per heavy atom. The van der Waals surface area contributed by atoms with E-state index in [4.69, 9.17) is 17.3 Å². The first-order valence-corrected chi connectivity index (χ1v) is 8.08. The van der Waals surface area contributed by atoms with Crippen molar-refractivity contribution in [3.05, 3.63) is 51.5 Å². The molecule has 0 saturated heterocycles. The number of benzene rings is 2. The van der Waals surface area contributed by atoms with Gasteiger partial charge in [0.1, 0.15) is 16.5 Å². The maximum absolute atomic E-state index is 13.6. The van der Waals surface area contributed by atoms with Crippen LogP contribution in [0.2, 0.25) is 5.02 Å². The fraction of sp³-hybridized carbons (Fsp3) is 0. The molecule has 2 rings (SSSR count). The van der Waals surface area contributed by atoms with Crippen LogP contribution in [0.5, 0.6) is 0 Å². The summed E-state index contributed by atoms with van der Waals surface area (Å²) < 4.78 is 53.5. The summed E-state index contributed by atoms with van der Waals surface area (Å²) in [6, 6.07) is 5.45. The summed E-state index contributed by atoms with van der Waals surface area (Å²) >= 11 is 8.99. The molecule has 3 N–H and O–H groups in total. The first-order chi connectivity index (χ1) is 9.70. The van der Waals surface area contributed by atoms with E-state index in [1.54, 1.807) is 0 Å². The minimum absolute atomic E-state index is 0.0487. The summed E-state index contributed by atoms with van der Waals surface area (Å²) in [7, 11) is -4.13. The topological polar surface area (TPSA) is 72.2 Å². The Labute approximate surface area is 133 Å².